The van der Waals surface area contributed by atoms with Crippen molar-refractivity contribution in [2.45, 2.75) is 34.6 Å². The summed E-state index contributed by atoms with van der Waals surface area (Å²) in [6.45, 7) is 9.83. The molecule has 0 saturated heterocycles. The third kappa shape index (κ3) is 3.27. The molecule has 17 heavy (non-hydrogen) atoms. The number of H-pyrrole nitrogens is 1. The molecule has 2 aromatic rings. The van der Waals surface area contributed by atoms with Gasteiger partial charge in [-0.2, -0.15) is 5.10 Å². The molecule has 0 spiro atoms. The smallest absolute Gasteiger partial charge is 0.281 e. The molecule has 5 nitrogen and oxygen atoms in total. The Balaban J connectivity index is 0.000000581. The van der Waals surface area contributed by atoms with Gasteiger partial charge in [-0.1, -0.05) is 39.8 Å². The zero-order chi connectivity index (χ0) is 13.4. The molecule has 0 atom stereocenters. The zero-order valence-corrected chi connectivity index (χ0v) is 10.9. The van der Waals surface area contributed by atoms with Crippen LogP contribution in [0, 0.1) is 17.0 Å². The molecule has 0 aliphatic heterocycles. The monoisotopic (exact) mass is 237 g/mol. The van der Waals surface area contributed by atoms with Crippen LogP contribution in [-0.2, 0) is 0 Å². The fourth-order valence-corrected chi connectivity index (χ4v) is 1.30. The van der Waals surface area contributed by atoms with Crippen LogP contribution in [0.5, 0.6) is 0 Å². The van der Waals surface area contributed by atoms with E-state index in [-0.39, 0.29) is 5.69 Å². The van der Waals surface area contributed by atoms with Gasteiger partial charge in [-0.05, 0) is 6.92 Å². The number of nitrogens with one attached hydrogen (secondary N) is 1. The lowest BCUT2D eigenvalue weighted by Crippen LogP contribution is -1.88. The van der Waals surface area contributed by atoms with E-state index < -0.39 is 4.92 Å². The number of fused-ring (bicyclic) bond motifs is 1. The lowest BCUT2D eigenvalue weighted by atomic mass is 10.2. The highest BCUT2D eigenvalue weighted by Gasteiger charge is 2.14. The Morgan fingerprint density at radius 2 is 1.82 bits per heavy atom. The van der Waals surface area contributed by atoms with Crippen LogP contribution < -0.4 is 0 Å². The normalized spacial score (nSPS) is 8.76. The molecule has 2 rings (SSSR count). The summed E-state index contributed by atoms with van der Waals surface area (Å²) in [4.78, 5) is 10.1. The maximum absolute atomic E-state index is 10.6. The van der Waals surface area contributed by atoms with Crippen molar-refractivity contribution < 1.29 is 4.92 Å². The lowest BCUT2D eigenvalue weighted by Gasteiger charge is -1.91. The fourth-order valence-electron chi connectivity index (χ4n) is 1.30. The van der Waals surface area contributed by atoms with Gasteiger partial charge in [0, 0.05) is 17.1 Å². The van der Waals surface area contributed by atoms with Crippen LogP contribution in [-0.4, -0.2) is 15.1 Å². The van der Waals surface area contributed by atoms with Gasteiger partial charge >= 0.3 is 0 Å². The summed E-state index contributed by atoms with van der Waals surface area (Å²) >= 11 is 0. The Morgan fingerprint density at radius 1 is 1.24 bits per heavy atom. The van der Waals surface area contributed by atoms with E-state index in [1.54, 1.807) is 12.1 Å². The average Bonchev–Trinajstić information content (AvgIpc) is 2.76. The maximum atomic E-state index is 10.6. The average molecular weight is 237 g/mol. The maximum Gasteiger partial charge on any atom is 0.297 e. The van der Waals surface area contributed by atoms with E-state index in [2.05, 4.69) is 10.2 Å². The highest BCUT2D eigenvalue weighted by atomic mass is 16.6. The van der Waals surface area contributed by atoms with Crippen molar-refractivity contribution in [3.63, 3.8) is 0 Å². The molecule has 0 aliphatic rings. The summed E-state index contributed by atoms with van der Waals surface area (Å²) in [5.41, 5.74) is 1.31. The predicted octanol–water partition coefficient (Wildman–Crippen LogP) is 3.83. The van der Waals surface area contributed by atoms with Crippen LogP contribution in [0.25, 0.3) is 10.9 Å². The molecule has 0 fully saturated rings. The van der Waals surface area contributed by atoms with Gasteiger partial charge in [0.15, 0.2) is 5.52 Å². The minimum absolute atomic E-state index is 0.0434. The number of nitro groups is 1. The number of benzene rings is 1. The fraction of sp³-hybridized carbons (Fsp3) is 0.417. The standard InChI is InChI=1S/C8H7N3O2.2C2H6/c1-5-6-3-2-4-7(11(12)13)8(6)10-9-5;2*1-2/h2-4H,1H3,(H,9,10);2*1-2H3. The van der Waals surface area contributed by atoms with Gasteiger partial charge in [0.05, 0.1) is 4.92 Å². The number of aryl methyl sites for hydroxylation is 1. The van der Waals surface area contributed by atoms with Crippen molar-refractivity contribution in [3.05, 3.63) is 34.0 Å². The van der Waals surface area contributed by atoms with Gasteiger partial charge in [-0.15, -0.1) is 0 Å². The molecule has 0 aliphatic carbocycles. The Labute approximate surface area is 101 Å². The van der Waals surface area contributed by atoms with E-state index in [1.807, 2.05) is 34.6 Å². The van der Waals surface area contributed by atoms with Crippen LogP contribution in [0.2, 0.25) is 0 Å². The Morgan fingerprint density at radius 3 is 2.35 bits per heavy atom. The van der Waals surface area contributed by atoms with Gasteiger partial charge in [-0.3, -0.25) is 15.2 Å². The van der Waals surface area contributed by atoms with E-state index in [9.17, 15) is 10.1 Å². The zero-order valence-electron chi connectivity index (χ0n) is 10.9. The number of nitrogens with zero attached hydrogens (tertiary/aromatic N) is 2. The molecule has 0 saturated carbocycles. The van der Waals surface area contributed by atoms with Crippen LogP contribution in [0.4, 0.5) is 5.69 Å². The van der Waals surface area contributed by atoms with E-state index in [4.69, 9.17) is 0 Å². The molecular formula is C12H19N3O2. The molecule has 1 heterocycles. The van der Waals surface area contributed by atoms with Crippen molar-refractivity contribution in [3.8, 4) is 0 Å². The van der Waals surface area contributed by atoms with Crippen molar-refractivity contribution >= 4 is 16.6 Å². The van der Waals surface area contributed by atoms with Crippen LogP contribution in [0.1, 0.15) is 33.4 Å². The summed E-state index contributed by atoms with van der Waals surface area (Å²) < 4.78 is 0. The van der Waals surface area contributed by atoms with Gasteiger partial charge in [0.2, 0.25) is 0 Å². The third-order valence-corrected chi connectivity index (χ3v) is 1.95. The number of hydrogen-bond acceptors (Lipinski definition) is 3. The largest absolute Gasteiger partial charge is 0.297 e. The van der Waals surface area contributed by atoms with E-state index in [1.165, 1.54) is 6.07 Å². The number of aromatic amines is 1. The molecule has 94 valence electrons. The number of para-hydroxylation sites is 1. The quantitative estimate of drug-likeness (QED) is 0.605. The second-order valence-corrected chi connectivity index (χ2v) is 2.78. The highest BCUT2D eigenvalue weighted by Crippen LogP contribution is 2.24. The minimum Gasteiger partial charge on any atom is -0.281 e. The molecule has 1 aromatic carbocycles. The van der Waals surface area contributed by atoms with Crippen molar-refractivity contribution in [1.82, 2.24) is 10.2 Å². The van der Waals surface area contributed by atoms with Crippen LogP contribution in [0.3, 0.4) is 0 Å². The molecular weight excluding hydrogens is 218 g/mol. The van der Waals surface area contributed by atoms with Gasteiger partial charge in [-0.25, -0.2) is 0 Å². The molecule has 0 unspecified atom stereocenters. The second kappa shape index (κ2) is 7.38. The third-order valence-electron chi connectivity index (χ3n) is 1.95. The lowest BCUT2D eigenvalue weighted by molar-refractivity contribution is -0.383. The van der Waals surface area contributed by atoms with Crippen LogP contribution in [0.15, 0.2) is 18.2 Å². The first kappa shape index (κ1) is 15.1. The topological polar surface area (TPSA) is 71.8 Å². The summed E-state index contributed by atoms with van der Waals surface area (Å²) in [5, 5.41) is 18.0. The first-order valence-electron chi connectivity index (χ1n) is 5.78. The van der Waals surface area contributed by atoms with Gasteiger partial charge < -0.3 is 0 Å². The first-order valence-corrected chi connectivity index (χ1v) is 5.78. The molecule has 0 bridgehead atoms. The predicted molar refractivity (Wildman–Crippen MR) is 70.2 cm³/mol. The number of hydrogen-bond donors (Lipinski definition) is 1. The van der Waals surface area contributed by atoms with E-state index >= 15 is 0 Å². The number of aromatic nitrogens is 2. The van der Waals surface area contributed by atoms with Crippen molar-refractivity contribution in [1.29, 1.82) is 0 Å². The summed E-state index contributed by atoms with van der Waals surface area (Å²) in [6, 6.07) is 4.91. The molecule has 1 aromatic heterocycles. The van der Waals surface area contributed by atoms with Gasteiger partial charge in [0.25, 0.3) is 5.69 Å². The Kier molecular flexibility index (Phi) is 6.55. The summed E-state index contributed by atoms with van der Waals surface area (Å²) in [6.07, 6.45) is 0. The SMILES string of the molecule is CC.CC.Cc1[nH]nc2c([N+](=O)[O-])cccc12. The Hall–Kier alpha value is -1.91. The molecule has 5 heteroatoms. The van der Waals surface area contributed by atoms with Crippen LogP contribution >= 0.6 is 0 Å². The first-order chi connectivity index (χ1) is 8.20. The molecule has 0 radical (unpaired) electrons. The minimum atomic E-state index is -0.428. The molecule has 0 amide bonds. The van der Waals surface area contributed by atoms with Crippen molar-refractivity contribution in [2.75, 3.05) is 0 Å². The van der Waals surface area contributed by atoms with Crippen molar-refractivity contribution in [2.24, 2.45) is 0 Å². The van der Waals surface area contributed by atoms with E-state index in [0.29, 0.717) is 5.52 Å². The second-order valence-electron chi connectivity index (χ2n) is 2.78. The summed E-state index contributed by atoms with van der Waals surface area (Å²) in [5.74, 6) is 0. The molecule has 1 N–H and O–H groups in total. The highest BCUT2D eigenvalue weighted by molar-refractivity contribution is 5.88. The number of non-ortho nitro benzene ring substituents is 1. The number of nitro benzene ring substituents is 1. The van der Waals surface area contributed by atoms with Gasteiger partial charge in [0.1, 0.15) is 0 Å². The summed E-state index contributed by atoms with van der Waals surface area (Å²) in [7, 11) is 0. The van der Waals surface area contributed by atoms with E-state index in [0.717, 1.165) is 11.1 Å². The Bertz CT molecular complexity index is 478. The number of rotatable bonds is 1.